The molecule has 4 rings (SSSR count). The van der Waals surface area contributed by atoms with Crippen LogP contribution in [0.1, 0.15) is 30.4 Å². The summed E-state index contributed by atoms with van der Waals surface area (Å²) in [6.07, 6.45) is 6.17. The molecule has 2 N–H and O–H groups in total. The molecule has 0 fully saturated rings. The molecule has 1 aliphatic rings. The van der Waals surface area contributed by atoms with Crippen LogP contribution in [-0.4, -0.2) is 38.7 Å². The fraction of sp³-hybridized carbons (Fsp3) is 0.261. The maximum atomic E-state index is 11.9. The van der Waals surface area contributed by atoms with Gasteiger partial charge in [0.2, 0.25) is 0 Å². The van der Waals surface area contributed by atoms with E-state index in [9.17, 15) is 4.79 Å². The van der Waals surface area contributed by atoms with Gasteiger partial charge in [-0.1, -0.05) is 6.07 Å². The van der Waals surface area contributed by atoms with Crippen molar-refractivity contribution in [2.24, 2.45) is 10.7 Å². The van der Waals surface area contributed by atoms with Crippen LogP contribution >= 0.6 is 0 Å². The van der Waals surface area contributed by atoms with Crippen LogP contribution in [0.4, 0.5) is 5.82 Å². The maximum absolute atomic E-state index is 11.9. The van der Waals surface area contributed by atoms with Crippen LogP contribution in [0.25, 0.3) is 28.6 Å². The molecule has 4 heterocycles. The zero-order valence-corrected chi connectivity index (χ0v) is 17.6. The third kappa shape index (κ3) is 4.23. The summed E-state index contributed by atoms with van der Waals surface area (Å²) < 4.78 is 7.06. The molecule has 0 amide bonds. The zero-order valence-electron chi connectivity index (χ0n) is 17.6. The van der Waals surface area contributed by atoms with Crippen molar-refractivity contribution in [2.45, 2.75) is 33.2 Å². The molecule has 3 aromatic heterocycles. The van der Waals surface area contributed by atoms with E-state index in [0.717, 1.165) is 53.3 Å². The van der Waals surface area contributed by atoms with Crippen LogP contribution in [0.15, 0.2) is 41.4 Å². The monoisotopic (exact) mass is 416 g/mol. The number of esters is 1. The summed E-state index contributed by atoms with van der Waals surface area (Å²) in [5.74, 6) is 0.0255. The largest absolute Gasteiger partial charge is 0.463 e. The number of rotatable bonds is 6. The van der Waals surface area contributed by atoms with Gasteiger partial charge in [0.25, 0.3) is 0 Å². The molecule has 8 nitrogen and oxygen atoms in total. The van der Waals surface area contributed by atoms with Gasteiger partial charge in [-0.05, 0) is 57.0 Å². The Bertz CT molecular complexity index is 1180. The van der Waals surface area contributed by atoms with E-state index in [4.69, 9.17) is 15.6 Å². The fourth-order valence-electron chi connectivity index (χ4n) is 3.76. The molecule has 3 aromatic rings. The smallest absolute Gasteiger partial charge is 0.330 e. The number of hydrogen-bond donors (Lipinski definition) is 1. The van der Waals surface area contributed by atoms with Gasteiger partial charge >= 0.3 is 5.97 Å². The van der Waals surface area contributed by atoms with Crippen LogP contribution < -0.4 is 5.73 Å². The fourth-order valence-corrected chi connectivity index (χ4v) is 3.76. The van der Waals surface area contributed by atoms with E-state index in [0.29, 0.717) is 18.1 Å². The first-order valence-electron chi connectivity index (χ1n) is 10.2. The van der Waals surface area contributed by atoms with E-state index in [1.165, 1.54) is 12.4 Å². The van der Waals surface area contributed by atoms with Crippen molar-refractivity contribution in [1.82, 2.24) is 19.7 Å². The summed E-state index contributed by atoms with van der Waals surface area (Å²) in [4.78, 5) is 25.3. The summed E-state index contributed by atoms with van der Waals surface area (Å²) in [5.41, 5.74) is 11.6. The van der Waals surface area contributed by atoms with Gasteiger partial charge in [-0.25, -0.2) is 14.8 Å². The molecule has 0 radical (unpaired) electrons. The van der Waals surface area contributed by atoms with Gasteiger partial charge in [0.05, 0.1) is 24.3 Å². The molecular formula is C23H24N6O2. The van der Waals surface area contributed by atoms with Crippen molar-refractivity contribution < 1.29 is 9.53 Å². The molecule has 0 bridgehead atoms. The second kappa shape index (κ2) is 8.91. The second-order valence-corrected chi connectivity index (χ2v) is 7.13. The summed E-state index contributed by atoms with van der Waals surface area (Å²) in [5, 5.41) is 4.86. The maximum Gasteiger partial charge on any atom is 0.330 e. The van der Waals surface area contributed by atoms with Crippen LogP contribution in [0, 0.1) is 6.92 Å². The molecule has 0 atom stereocenters. The van der Waals surface area contributed by atoms with E-state index >= 15 is 0 Å². The van der Waals surface area contributed by atoms with E-state index in [1.54, 1.807) is 19.1 Å². The average Bonchev–Trinajstić information content (AvgIpc) is 3.34. The summed E-state index contributed by atoms with van der Waals surface area (Å²) in [7, 11) is 0. The Kier molecular flexibility index (Phi) is 5.88. The Morgan fingerprint density at radius 2 is 2.16 bits per heavy atom. The summed E-state index contributed by atoms with van der Waals surface area (Å²) >= 11 is 0. The van der Waals surface area contributed by atoms with Crippen molar-refractivity contribution in [3.05, 3.63) is 53.5 Å². The quantitative estimate of drug-likeness (QED) is 0.285. The zero-order chi connectivity index (χ0) is 21.8. The van der Waals surface area contributed by atoms with Crippen LogP contribution in [-0.2, 0) is 22.5 Å². The summed E-state index contributed by atoms with van der Waals surface area (Å²) in [6.45, 7) is 4.90. The number of carbonyl (C=O) groups excluding carboxylic acids is 1. The van der Waals surface area contributed by atoms with Crippen molar-refractivity contribution in [2.75, 3.05) is 6.61 Å². The van der Waals surface area contributed by atoms with Crippen molar-refractivity contribution in [3.63, 3.8) is 0 Å². The first-order chi connectivity index (χ1) is 15.1. The Balaban J connectivity index is 1.90. The van der Waals surface area contributed by atoms with Crippen LogP contribution in [0.2, 0.25) is 0 Å². The Hall–Kier alpha value is -3.81. The molecule has 0 aliphatic carbocycles. The van der Waals surface area contributed by atoms with Crippen LogP contribution in [0.5, 0.6) is 0 Å². The highest BCUT2D eigenvalue weighted by Crippen LogP contribution is 2.39. The van der Waals surface area contributed by atoms with Crippen LogP contribution in [0.3, 0.4) is 0 Å². The molecular weight excluding hydrogens is 392 g/mol. The molecule has 0 saturated carbocycles. The number of fused-ring (bicyclic) bond motifs is 1. The Labute approximate surface area is 180 Å². The number of hydrogen-bond acceptors (Lipinski definition) is 6. The van der Waals surface area contributed by atoms with Crippen molar-refractivity contribution in [3.8, 4) is 22.5 Å². The number of nitrogens with two attached hydrogens (primary N) is 1. The number of nitrogens with zero attached hydrogens (tertiary/aromatic N) is 5. The minimum atomic E-state index is -0.427. The SMILES string of the molecule is CCOC(=O)/C=C/c1nc(N=CN)ccc1-c1c(-c2cccc(C)n2)nn2c1CCC2. The highest BCUT2D eigenvalue weighted by atomic mass is 16.5. The van der Waals surface area contributed by atoms with Gasteiger partial charge in [-0.2, -0.15) is 5.10 Å². The normalized spacial score (nSPS) is 13.2. The predicted octanol–water partition coefficient (Wildman–Crippen LogP) is 3.46. The molecule has 0 unspecified atom stereocenters. The Morgan fingerprint density at radius 3 is 2.94 bits per heavy atom. The van der Waals surface area contributed by atoms with E-state index in [1.807, 2.05) is 35.9 Å². The highest BCUT2D eigenvalue weighted by Gasteiger charge is 2.26. The second-order valence-electron chi connectivity index (χ2n) is 7.13. The van der Waals surface area contributed by atoms with Gasteiger partial charge in [0.1, 0.15) is 5.69 Å². The molecule has 0 saturated heterocycles. The minimum Gasteiger partial charge on any atom is -0.463 e. The minimum absolute atomic E-state index is 0.307. The lowest BCUT2D eigenvalue weighted by atomic mass is 9.98. The lowest BCUT2D eigenvalue weighted by Gasteiger charge is -2.09. The molecule has 0 aromatic carbocycles. The standard InChI is InChI=1S/C23H24N6O2/c1-3-31-21(30)12-10-17-16(9-11-20(27-17)25-14-24)22-19-8-5-13-29(19)28-23(22)18-7-4-6-15(2)26-18/h4,6-7,9-12,14H,3,5,8,13H2,1-2H3,(H2,24,25,27)/b12-10+. The van der Waals surface area contributed by atoms with Gasteiger partial charge in [0, 0.05) is 35.1 Å². The molecule has 1 aliphatic heterocycles. The van der Waals surface area contributed by atoms with Gasteiger partial charge in [-0.3, -0.25) is 9.67 Å². The lowest BCUT2D eigenvalue weighted by molar-refractivity contribution is -0.137. The lowest BCUT2D eigenvalue weighted by Crippen LogP contribution is -2.00. The van der Waals surface area contributed by atoms with E-state index in [2.05, 4.69) is 15.0 Å². The van der Waals surface area contributed by atoms with Crippen molar-refractivity contribution in [1.29, 1.82) is 0 Å². The molecule has 8 heteroatoms. The average molecular weight is 416 g/mol. The number of aryl methyl sites for hydroxylation is 2. The number of pyridine rings is 2. The molecule has 0 spiro atoms. The summed E-state index contributed by atoms with van der Waals surface area (Å²) in [6, 6.07) is 9.64. The third-order valence-electron chi connectivity index (χ3n) is 5.02. The predicted molar refractivity (Wildman–Crippen MR) is 120 cm³/mol. The third-order valence-corrected chi connectivity index (χ3v) is 5.02. The van der Waals surface area contributed by atoms with Gasteiger partial charge in [0.15, 0.2) is 5.82 Å². The number of carbonyl (C=O) groups is 1. The van der Waals surface area contributed by atoms with Gasteiger partial charge < -0.3 is 10.5 Å². The highest BCUT2D eigenvalue weighted by molar-refractivity contribution is 5.91. The first-order valence-corrected chi connectivity index (χ1v) is 10.2. The number of aliphatic imine (C=N–C) groups is 1. The Morgan fingerprint density at radius 1 is 1.29 bits per heavy atom. The number of aromatic nitrogens is 4. The molecule has 158 valence electrons. The number of ether oxygens (including phenoxy) is 1. The first kappa shape index (κ1) is 20.5. The molecule has 31 heavy (non-hydrogen) atoms. The van der Waals surface area contributed by atoms with E-state index in [-0.39, 0.29) is 0 Å². The van der Waals surface area contributed by atoms with E-state index < -0.39 is 5.97 Å². The van der Waals surface area contributed by atoms with Gasteiger partial charge in [-0.15, -0.1) is 0 Å². The van der Waals surface area contributed by atoms with Crippen molar-refractivity contribution >= 4 is 24.2 Å². The topological polar surface area (TPSA) is 108 Å².